The van der Waals surface area contributed by atoms with Crippen LogP contribution in [0.1, 0.15) is 24.0 Å². The van der Waals surface area contributed by atoms with Crippen LogP contribution < -0.4 is 10.6 Å². The van der Waals surface area contributed by atoms with Gasteiger partial charge in [-0.3, -0.25) is 4.79 Å². The summed E-state index contributed by atoms with van der Waals surface area (Å²) in [5.41, 5.74) is 5.77. The summed E-state index contributed by atoms with van der Waals surface area (Å²) in [7, 11) is 0. The molecule has 2 aliphatic heterocycles. The zero-order valence-corrected chi connectivity index (χ0v) is 26.3. The van der Waals surface area contributed by atoms with Gasteiger partial charge >= 0.3 is 12.2 Å². The molecule has 0 spiro atoms. The van der Waals surface area contributed by atoms with Crippen LogP contribution in [0, 0.1) is 11.8 Å². The Bertz CT molecular complexity index is 1630. The van der Waals surface area contributed by atoms with E-state index in [1.54, 1.807) is 9.80 Å². The van der Waals surface area contributed by atoms with E-state index >= 15 is 0 Å². The van der Waals surface area contributed by atoms with Gasteiger partial charge in [-0.15, -0.1) is 0 Å². The molecule has 9 nitrogen and oxygen atoms in total. The molecule has 4 aromatic rings. The van der Waals surface area contributed by atoms with E-state index in [0.29, 0.717) is 38.5 Å². The van der Waals surface area contributed by atoms with Crippen molar-refractivity contribution in [1.29, 1.82) is 0 Å². The monoisotopic (exact) mass is 632 g/mol. The van der Waals surface area contributed by atoms with Gasteiger partial charge in [0.15, 0.2) is 0 Å². The molecule has 2 unspecified atom stereocenters. The van der Waals surface area contributed by atoms with Crippen LogP contribution in [0.25, 0.3) is 11.1 Å². The fourth-order valence-electron chi connectivity index (χ4n) is 5.96. The Morgan fingerprint density at radius 2 is 1.13 bits per heavy atom. The van der Waals surface area contributed by atoms with Crippen molar-refractivity contribution in [2.45, 2.75) is 26.1 Å². The lowest BCUT2D eigenvalue weighted by atomic mass is 10.0. The Hall–Kier alpha value is -5.31. The fourth-order valence-corrected chi connectivity index (χ4v) is 5.96. The van der Waals surface area contributed by atoms with Gasteiger partial charge in [-0.1, -0.05) is 84.9 Å². The Labute approximate surface area is 275 Å². The number of nitrogens with one attached hydrogen (secondary N) is 2. The lowest BCUT2D eigenvalue weighted by Gasteiger charge is -2.17. The summed E-state index contributed by atoms with van der Waals surface area (Å²) in [6.45, 7) is 3.52. The van der Waals surface area contributed by atoms with Crippen LogP contribution in [0.2, 0.25) is 0 Å². The van der Waals surface area contributed by atoms with Gasteiger partial charge in [-0.25, -0.2) is 9.59 Å². The molecule has 0 aromatic heterocycles. The maximum atomic E-state index is 12.9. The van der Waals surface area contributed by atoms with Gasteiger partial charge in [-0.05, 0) is 65.3 Å². The van der Waals surface area contributed by atoms with Gasteiger partial charge < -0.3 is 29.9 Å². The number of rotatable bonds is 10. The average Bonchev–Trinajstić information content (AvgIpc) is 3.81. The van der Waals surface area contributed by atoms with E-state index in [1.165, 1.54) is 0 Å². The van der Waals surface area contributed by atoms with Crippen LogP contribution in [0.5, 0.6) is 0 Å². The van der Waals surface area contributed by atoms with E-state index in [2.05, 4.69) is 34.9 Å². The first-order valence-electron chi connectivity index (χ1n) is 16.2. The SMILES string of the molecule is O=C(Nc1ccc(-c2ccc(NCC3CCN(C(=O)OCc4ccccc4)C3)cc2)cc1)C1CCN(C(=O)OCc2ccccc2)C1. The summed E-state index contributed by atoms with van der Waals surface area (Å²) < 4.78 is 10.9. The van der Waals surface area contributed by atoms with E-state index in [4.69, 9.17) is 9.47 Å². The van der Waals surface area contributed by atoms with Crippen LogP contribution in [0.15, 0.2) is 109 Å². The number of benzene rings is 4. The molecule has 2 heterocycles. The highest BCUT2D eigenvalue weighted by Crippen LogP contribution is 2.26. The molecule has 2 N–H and O–H groups in total. The molecule has 3 amide bonds. The third-order valence-corrected chi connectivity index (χ3v) is 8.74. The number of hydrogen-bond donors (Lipinski definition) is 2. The summed E-state index contributed by atoms with van der Waals surface area (Å²) in [6, 6.07) is 35.3. The summed E-state index contributed by atoms with van der Waals surface area (Å²) in [6.07, 6.45) is 0.893. The zero-order chi connectivity index (χ0) is 32.4. The number of ether oxygens (including phenoxy) is 2. The van der Waals surface area contributed by atoms with E-state index in [1.807, 2.05) is 84.9 Å². The Morgan fingerprint density at radius 3 is 1.70 bits per heavy atom. The lowest BCUT2D eigenvalue weighted by molar-refractivity contribution is -0.119. The quantitative estimate of drug-likeness (QED) is 0.195. The molecular formula is C38H40N4O5. The van der Waals surface area contributed by atoms with Crippen molar-refractivity contribution >= 4 is 29.5 Å². The van der Waals surface area contributed by atoms with Crippen LogP contribution >= 0.6 is 0 Å². The molecule has 0 radical (unpaired) electrons. The first-order chi connectivity index (χ1) is 23.0. The molecular weight excluding hydrogens is 592 g/mol. The number of carbonyl (C=O) groups excluding carboxylic acids is 3. The normalized spacial score (nSPS) is 17.3. The van der Waals surface area contributed by atoms with Gasteiger partial charge in [-0.2, -0.15) is 0 Å². The Balaban J connectivity index is 0.912. The Kier molecular flexibility index (Phi) is 10.3. The lowest BCUT2D eigenvalue weighted by Crippen LogP contribution is -2.31. The average molecular weight is 633 g/mol. The zero-order valence-electron chi connectivity index (χ0n) is 26.3. The largest absolute Gasteiger partial charge is 0.445 e. The van der Waals surface area contributed by atoms with Crippen molar-refractivity contribution in [3.63, 3.8) is 0 Å². The third kappa shape index (κ3) is 8.70. The van der Waals surface area contributed by atoms with Gasteiger partial charge in [0.05, 0.1) is 5.92 Å². The molecule has 2 fully saturated rings. The second-order valence-corrected chi connectivity index (χ2v) is 12.1. The highest BCUT2D eigenvalue weighted by atomic mass is 16.6. The summed E-state index contributed by atoms with van der Waals surface area (Å²) >= 11 is 0. The standard InChI is InChI=1S/C38H40N4O5/c43-36(33-20-22-42(25-33)38(45)47-27-29-9-5-2-6-10-29)40-35-17-13-32(14-18-35)31-11-15-34(16-12-31)39-23-30-19-21-41(24-30)37(44)46-26-28-7-3-1-4-8-28/h1-18,30,33,39H,19-27H2,(H,40,43). The van der Waals surface area contributed by atoms with E-state index in [0.717, 1.165) is 46.6 Å². The number of carbonyl (C=O) groups is 3. The number of amides is 3. The van der Waals surface area contributed by atoms with E-state index in [9.17, 15) is 14.4 Å². The van der Waals surface area contributed by atoms with Gasteiger partial charge in [0.1, 0.15) is 13.2 Å². The predicted octanol–water partition coefficient (Wildman–Crippen LogP) is 7.02. The molecule has 242 valence electrons. The number of nitrogens with zero attached hydrogens (tertiary/aromatic N) is 2. The van der Waals surface area contributed by atoms with Crippen LogP contribution in [0.3, 0.4) is 0 Å². The third-order valence-electron chi connectivity index (χ3n) is 8.74. The summed E-state index contributed by atoms with van der Waals surface area (Å²) in [5, 5.41) is 6.50. The second kappa shape index (κ2) is 15.3. The molecule has 0 aliphatic carbocycles. The van der Waals surface area contributed by atoms with Gasteiger partial charge in [0.25, 0.3) is 0 Å². The topological polar surface area (TPSA) is 100 Å². The molecule has 4 aromatic carbocycles. The van der Waals surface area contributed by atoms with Crippen molar-refractivity contribution in [2.24, 2.45) is 11.8 Å². The summed E-state index contributed by atoms with van der Waals surface area (Å²) in [4.78, 5) is 41.3. The minimum absolute atomic E-state index is 0.0963. The number of hydrogen-bond acceptors (Lipinski definition) is 6. The molecule has 0 bridgehead atoms. The van der Waals surface area contributed by atoms with Gasteiger partial charge in [0, 0.05) is 44.1 Å². The molecule has 2 saturated heterocycles. The summed E-state index contributed by atoms with van der Waals surface area (Å²) in [5.74, 6) is -0.0109. The van der Waals surface area contributed by atoms with Crippen molar-refractivity contribution in [1.82, 2.24) is 9.80 Å². The highest BCUT2D eigenvalue weighted by Gasteiger charge is 2.32. The van der Waals surface area contributed by atoms with Crippen LogP contribution in [0.4, 0.5) is 21.0 Å². The number of likely N-dealkylation sites (tertiary alicyclic amines) is 2. The van der Waals surface area contributed by atoms with E-state index in [-0.39, 0.29) is 31.1 Å². The molecule has 9 heteroatoms. The van der Waals surface area contributed by atoms with E-state index < -0.39 is 6.09 Å². The first-order valence-corrected chi connectivity index (χ1v) is 16.2. The van der Waals surface area contributed by atoms with Crippen molar-refractivity contribution in [3.8, 4) is 11.1 Å². The molecule has 0 saturated carbocycles. The van der Waals surface area contributed by atoms with Crippen molar-refractivity contribution < 1.29 is 23.9 Å². The maximum absolute atomic E-state index is 12.9. The Morgan fingerprint density at radius 1 is 0.617 bits per heavy atom. The predicted molar refractivity (Wildman–Crippen MR) is 182 cm³/mol. The minimum atomic E-state index is -0.392. The molecule has 2 aliphatic rings. The van der Waals surface area contributed by atoms with Crippen LogP contribution in [-0.2, 0) is 27.5 Å². The fraction of sp³-hybridized carbons (Fsp3) is 0.289. The van der Waals surface area contributed by atoms with Crippen LogP contribution in [-0.4, -0.2) is 60.6 Å². The molecule has 6 rings (SSSR count). The highest BCUT2D eigenvalue weighted by molar-refractivity contribution is 5.93. The van der Waals surface area contributed by atoms with Crippen molar-refractivity contribution in [3.05, 3.63) is 120 Å². The minimum Gasteiger partial charge on any atom is -0.445 e. The van der Waals surface area contributed by atoms with Crippen molar-refractivity contribution in [2.75, 3.05) is 43.4 Å². The number of anilines is 2. The molecule has 47 heavy (non-hydrogen) atoms. The molecule has 2 atom stereocenters. The second-order valence-electron chi connectivity index (χ2n) is 12.1. The smallest absolute Gasteiger partial charge is 0.410 e. The first kappa shape index (κ1) is 31.7. The van der Waals surface area contributed by atoms with Gasteiger partial charge in [0.2, 0.25) is 5.91 Å². The maximum Gasteiger partial charge on any atom is 0.410 e.